The quantitative estimate of drug-likeness (QED) is 0.674. The number of rotatable bonds is 3. The first-order valence-corrected chi connectivity index (χ1v) is 8.33. The molecule has 4 rings (SSSR count). The van der Waals surface area contributed by atoms with Gasteiger partial charge in [0.2, 0.25) is 11.9 Å². The highest BCUT2D eigenvalue weighted by Crippen LogP contribution is 2.35. The number of fused-ring (bicyclic) bond motifs is 1. The Balaban J connectivity index is 1.85. The van der Waals surface area contributed by atoms with Crippen molar-refractivity contribution in [3.63, 3.8) is 0 Å². The van der Waals surface area contributed by atoms with Gasteiger partial charge >= 0.3 is 6.18 Å². The van der Waals surface area contributed by atoms with Crippen molar-refractivity contribution in [3.8, 4) is 5.69 Å². The predicted octanol–water partition coefficient (Wildman–Crippen LogP) is 3.91. The van der Waals surface area contributed by atoms with E-state index in [9.17, 15) is 17.6 Å². The van der Waals surface area contributed by atoms with Crippen molar-refractivity contribution in [2.75, 3.05) is 11.1 Å². The average Bonchev–Trinajstić information content (AvgIpc) is 2.88. The Morgan fingerprint density at radius 3 is 2.59 bits per heavy atom. The Morgan fingerprint density at radius 2 is 1.96 bits per heavy atom. The minimum Gasteiger partial charge on any atom is -0.369 e. The fourth-order valence-corrected chi connectivity index (χ4v) is 3.15. The van der Waals surface area contributed by atoms with Gasteiger partial charge in [0.15, 0.2) is 5.65 Å². The molecule has 2 heterocycles. The van der Waals surface area contributed by atoms with Gasteiger partial charge in [-0.1, -0.05) is 0 Å². The largest absolute Gasteiger partial charge is 0.416 e. The van der Waals surface area contributed by atoms with Gasteiger partial charge in [0.05, 0.1) is 17.4 Å². The molecule has 0 atom stereocenters. The van der Waals surface area contributed by atoms with Crippen LogP contribution in [0.4, 0.5) is 29.5 Å². The monoisotopic (exact) mass is 380 g/mol. The summed E-state index contributed by atoms with van der Waals surface area (Å²) in [7, 11) is 0. The first-order chi connectivity index (χ1) is 12.7. The van der Waals surface area contributed by atoms with Crippen LogP contribution in [0.5, 0.6) is 0 Å². The van der Waals surface area contributed by atoms with Gasteiger partial charge < -0.3 is 11.1 Å². The molecule has 1 fully saturated rings. The van der Waals surface area contributed by atoms with Crippen molar-refractivity contribution < 1.29 is 17.6 Å². The molecule has 1 aliphatic carbocycles. The summed E-state index contributed by atoms with van der Waals surface area (Å²) in [4.78, 5) is 12.5. The Labute approximate surface area is 151 Å². The number of nitrogens with one attached hydrogen (secondary N) is 1. The molecule has 0 bridgehead atoms. The molecule has 1 aromatic carbocycles. The van der Waals surface area contributed by atoms with E-state index in [0.29, 0.717) is 18.1 Å². The summed E-state index contributed by atoms with van der Waals surface area (Å²) >= 11 is 0. The van der Waals surface area contributed by atoms with Crippen LogP contribution < -0.4 is 11.1 Å². The minimum atomic E-state index is -4.62. The molecule has 3 aromatic rings. The molecule has 0 radical (unpaired) electrons. The number of aromatic nitrogens is 4. The maximum absolute atomic E-state index is 14.3. The van der Waals surface area contributed by atoms with Gasteiger partial charge in [-0.2, -0.15) is 18.2 Å². The maximum Gasteiger partial charge on any atom is 0.416 e. The van der Waals surface area contributed by atoms with Crippen LogP contribution in [0.3, 0.4) is 0 Å². The molecular formula is C17H16F4N6. The molecule has 0 saturated heterocycles. The number of anilines is 2. The zero-order chi connectivity index (χ0) is 19.4. The van der Waals surface area contributed by atoms with Crippen molar-refractivity contribution in [2.45, 2.75) is 37.9 Å². The molecule has 0 aliphatic heterocycles. The van der Waals surface area contributed by atoms with Crippen LogP contribution in [0, 0.1) is 5.82 Å². The van der Waals surface area contributed by atoms with Crippen LogP contribution in [0.1, 0.15) is 31.7 Å². The van der Waals surface area contributed by atoms with E-state index in [4.69, 9.17) is 5.73 Å². The number of nitrogen functional groups attached to an aromatic ring is 1. The Bertz CT molecular complexity index is 1020. The van der Waals surface area contributed by atoms with Crippen LogP contribution in [0.15, 0.2) is 24.4 Å². The number of alkyl halides is 3. The van der Waals surface area contributed by atoms with E-state index in [-0.39, 0.29) is 28.3 Å². The summed E-state index contributed by atoms with van der Waals surface area (Å²) in [5.74, 6) is -0.754. The summed E-state index contributed by atoms with van der Waals surface area (Å²) in [5, 5.41) is 3.21. The van der Waals surface area contributed by atoms with Crippen molar-refractivity contribution >= 4 is 23.1 Å². The normalized spacial score (nSPS) is 16.3. The summed E-state index contributed by atoms with van der Waals surface area (Å²) in [6.45, 7) is 2.03. The molecule has 6 nitrogen and oxygen atoms in total. The highest BCUT2D eigenvalue weighted by molar-refractivity contribution is 5.77. The topological polar surface area (TPSA) is 81.6 Å². The lowest BCUT2D eigenvalue weighted by molar-refractivity contribution is -0.137. The first kappa shape index (κ1) is 17.5. The van der Waals surface area contributed by atoms with Crippen LogP contribution in [-0.2, 0) is 6.18 Å². The van der Waals surface area contributed by atoms with Gasteiger partial charge in [-0.25, -0.2) is 14.4 Å². The third kappa shape index (κ3) is 3.04. The average molecular weight is 380 g/mol. The molecule has 0 unspecified atom stereocenters. The lowest BCUT2D eigenvalue weighted by Gasteiger charge is -2.39. The first-order valence-electron chi connectivity index (χ1n) is 8.33. The lowest BCUT2D eigenvalue weighted by atomic mass is 9.79. The van der Waals surface area contributed by atoms with E-state index >= 15 is 0 Å². The van der Waals surface area contributed by atoms with Gasteiger partial charge in [-0.3, -0.25) is 4.57 Å². The van der Waals surface area contributed by atoms with Crippen molar-refractivity contribution in [1.82, 2.24) is 19.5 Å². The molecule has 3 N–H and O–H groups in total. The molecule has 27 heavy (non-hydrogen) atoms. The van der Waals surface area contributed by atoms with E-state index < -0.39 is 17.6 Å². The summed E-state index contributed by atoms with van der Waals surface area (Å²) in [6, 6.07) is 2.11. The third-order valence-electron chi connectivity index (χ3n) is 4.81. The fourth-order valence-electron chi connectivity index (χ4n) is 3.15. The number of benzene rings is 1. The number of hydrogen-bond acceptors (Lipinski definition) is 5. The molecule has 0 amide bonds. The number of nitrogens with two attached hydrogens (primary N) is 1. The van der Waals surface area contributed by atoms with Crippen LogP contribution in [0.2, 0.25) is 0 Å². The standard InChI is InChI=1S/C17H16F4N6/c1-16(5-2-6-16)26-15-23-8-11-13(25-15)27(14(22)24-11)12-7-9(17(19,20)21)3-4-10(12)18/h3-4,7-8H,2,5-6H2,1H3,(H2,22,24)(H,23,25,26). The van der Waals surface area contributed by atoms with Gasteiger partial charge in [0.25, 0.3) is 0 Å². The molecule has 1 aliphatic rings. The number of hydrogen-bond donors (Lipinski definition) is 2. The fraction of sp³-hybridized carbons (Fsp3) is 0.353. The van der Waals surface area contributed by atoms with Crippen LogP contribution >= 0.6 is 0 Å². The smallest absolute Gasteiger partial charge is 0.369 e. The zero-order valence-electron chi connectivity index (χ0n) is 14.3. The SMILES string of the molecule is CC1(Nc2ncc3nc(N)n(-c4cc(C(F)(F)F)ccc4F)c3n2)CCC1. The summed E-state index contributed by atoms with van der Waals surface area (Å²) in [6.07, 6.45) is -0.207. The second kappa shape index (κ2) is 5.80. The lowest BCUT2D eigenvalue weighted by Crippen LogP contribution is -2.42. The van der Waals surface area contributed by atoms with E-state index in [2.05, 4.69) is 20.3 Å². The molecule has 2 aromatic heterocycles. The van der Waals surface area contributed by atoms with E-state index in [1.165, 1.54) is 6.20 Å². The maximum atomic E-state index is 14.3. The molecular weight excluding hydrogens is 364 g/mol. The number of nitrogens with zero attached hydrogens (tertiary/aromatic N) is 4. The Morgan fingerprint density at radius 1 is 1.22 bits per heavy atom. The van der Waals surface area contributed by atoms with Crippen LogP contribution in [0.25, 0.3) is 16.9 Å². The molecule has 10 heteroatoms. The summed E-state index contributed by atoms with van der Waals surface area (Å²) < 4.78 is 54.5. The Hall–Kier alpha value is -2.91. The molecule has 1 saturated carbocycles. The predicted molar refractivity (Wildman–Crippen MR) is 91.9 cm³/mol. The second-order valence-corrected chi connectivity index (χ2v) is 6.91. The van der Waals surface area contributed by atoms with Crippen molar-refractivity contribution in [3.05, 3.63) is 35.8 Å². The minimum absolute atomic E-state index is 0.131. The van der Waals surface area contributed by atoms with Gasteiger partial charge in [-0.05, 0) is 44.4 Å². The highest BCUT2D eigenvalue weighted by atomic mass is 19.4. The Kier molecular flexibility index (Phi) is 3.76. The van der Waals surface area contributed by atoms with Crippen LogP contribution in [-0.4, -0.2) is 25.1 Å². The van der Waals surface area contributed by atoms with Gasteiger partial charge in [0.1, 0.15) is 11.3 Å². The van der Waals surface area contributed by atoms with E-state index in [1.807, 2.05) is 6.92 Å². The summed E-state index contributed by atoms with van der Waals surface area (Å²) in [5.41, 5.74) is 4.74. The van der Waals surface area contributed by atoms with E-state index in [1.54, 1.807) is 0 Å². The second-order valence-electron chi connectivity index (χ2n) is 6.91. The molecule has 142 valence electrons. The molecule has 0 spiro atoms. The van der Waals surface area contributed by atoms with Crippen molar-refractivity contribution in [2.24, 2.45) is 0 Å². The zero-order valence-corrected chi connectivity index (χ0v) is 14.3. The number of imidazole rings is 1. The van der Waals surface area contributed by atoms with Gasteiger partial charge in [0, 0.05) is 5.54 Å². The highest BCUT2D eigenvalue weighted by Gasteiger charge is 2.33. The van der Waals surface area contributed by atoms with E-state index in [0.717, 1.165) is 29.9 Å². The third-order valence-corrected chi connectivity index (χ3v) is 4.81. The number of halogens is 4. The van der Waals surface area contributed by atoms with Gasteiger partial charge in [-0.15, -0.1) is 0 Å². The van der Waals surface area contributed by atoms with Crippen molar-refractivity contribution in [1.29, 1.82) is 0 Å².